The summed E-state index contributed by atoms with van der Waals surface area (Å²) >= 11 is 5.99. The van der Waals surface area contributed by atoms with E-state index in [-0.39, 0.29) is 34.6 Å². The summed E-state index contributed by atoms with van der Waals surface area (Å²) in [5.41, 5.74) is 0.586. The van der Waals surface area contributed by atoms with Gasteiger partial charge in [0.25, 0.3) is 11.6 Å². The summed E-state index contributed by atoms with van der Waals surface area (Å²) in [7, 11) is 0. The van der Waals surface area contributed by atoms with Crippen LogP contribution in [0.1, 0.15) is 21.9 Å². The third kappa shape index (κ3) is 5.55. The van der Waals surface area contributed by atoms with Crippen LogP contribution in [-0.4, -0.2) is 20.6 Å². The molecular weight excluding hydrogens is 455 g/mol. The molecule has 0 atom stereocenters. The second-order valence-electron chi connectivity index (χ2n) is 6.91. The van der Waals surface area contributed by atoms with Crippen molar-refractivity contribution in [3.63, 3.8) is 0 Å². The molecule has 0 spiro atoms. The van der Waals surface area contributed by atoms with Gasteiger partial charge in [0.2, 0.25) is 0 Å². The Balaban J connectivity index is 1.34. The zero-order valence-corrected chi connectivity index (χ0v) is 17.7. The van der Waals surface area contributed by atoms with Crippen molar-refractivity contribution in [2.24, 2.45) is 0 Å². The maximum atomic E-state index is 13.3. The Bertz CT molecular complexity index is 1320. The molecule has 0 aliphatic heterocycles. The number of ether oxygens (including phenoxy) is 1. The molecule has 11 heteroatoms. The number of hydrogen-bond acceptors (Lipinski definition) is 6. The Labute approximate surface area is 191 Å². The molecule has 33 heavy (non-hydrogen) atoms. The Hall–Kier alpha value is -4.18. The molecule has 0 bridgehead atoms. The van der Waals surface area contributed by atoms with E-state index in [0.717, 1.165) is 5.56 Å². The molecule has 0 aliphatic rings. The summed E-state index contributed by atoms with van der Waals surface area (Å²) in [6.45, 7) is 0.314. The van der Waals surface area contributed by atoms with Gasteiger partial charge in [-0.05, 0) is 35.9 Å². The largest absolute Gasteiger partial charge is 0.484 e. The van der Waals surface area contributed by atoms with Gasteiger partial charge in [-0.15, -0.1) is 0 Å². The lowest BCUT2D eigenvalue weighted by Crippen LogP contribution is -2.12. The van der Waals surface area contributed by atoms with Crippen molar-refractivity contribution in [1.29, 1.82) is 0 Å². The van der Waals surface area contributed by atoms with Gasteiger partial charge >= 0.3 is 0 Å². The fourth-order valence-electron chi connectivity index (χ4n) is 2.96. The molecule has 0 aliphatic carbocycles. The van der Waals surface area contributed by atoms with Crippen LogP contribution in [0.3, 0.4) is 0 Å². The first-order valence-electron chi connectivity index (χ1n) is 9.62. The highest BCUT2D eigenvalue weighted by Gasteiger charge is 2.15. The number of carbonyl (C=O) groups is 1. The first-order valence-corrected chi connectivity index (χ1v) is 10.00. The van der Waals surface area contributed by atoms with Crippen molar-refractivity contribution < 1.29 is 23.3 Å². The lowest BCUT2D eigenvalue weighted by atomic mass is 10.2. The number of anilines is 1. The SMILES string of the molecule is O=C(Nc1ccn(Cc2cccc(F)c2)n1)c1ccc(COc2ccc([N+](=O)[O-])cc2Cl)o1. The van der Waals surface area contributed by atoms with E-state index in [1.54, 1.807) is 35.1 Å². The highest BCUT2D eigenvalue weighted by molar-refractivity contribution is 6.32. The molecule has 1 N–H and O–H groups in total. The van der Waals surface area contributed by atoms with E-state index < -0.39 is 10.8 Å². The predicted octanol–water partition coefficient (Wildman–Crippen LogP) is 5.06. The van der Waals surface area contributed by atoms with E-state index in [0.29, 0.717) is 18.1 Å². The minimum Gasteiger partial charge on any atom is -0.484 e. The van der Waals surface area contributed by atoms with Gasteiger partial charge in [-0.3, -0.25) is 19.6 Å². The molecular formula is C22H16ClFN4O5. The smallest absolute Gasteiger partial charge is 0.292 e. The number of carbonyl (C=O) groups excluding carboxylic acids is 1. The summed E-state index contributed by atoms with van der Waals surface area (Å²) in [6.07, 6.45) is 1.66. The zero-order chi connectivity index (χ0) is 23.4. The summed E-state index contributed by atoms with van der Waals surface area (Å²) in [5.74, 6) is 0.110. The second-order valence-corrected chi connectivity index (χ2v) is 7.32. The number of nitrogens with one attached hydrogen (secondary N) is 1. The van der Waals surface area contributed by atoms with Gasteiger partial charge in [-0.1, -0.05) is 23.7 Å². The number of hydrogen-bond donors (Lipinski definition) is 1. The van der Waals surface area contributed by atoms with Crippen molar-refractivity contribution in [2.75, 3.05) is 5.32 Å². The van der Waals surface area contributed by atoms with Crippen LogP contribution in [0.25, 0.3) is 0 Å². The first kappa shape index (κ1) is 22.0. The first-order chi connectivity index (χ1) is 15.9. The maximum Gasteiger partial charge on any atom is 0.292 e. The molecule has 0 unspecified atom stereocenters. The summed E-state index contributed by atoms with van der Waals surface area (Å²) in [4.78, 5) is 22.7. The summed E-state index contributed by atoms with van der Waals surface area (Å²) in [5, 5.41) is 17.7. The number of furan rings is 1. The van der Waals surface area contributed by atoms with E-state index in [4.69, 9.17) is 20.8 Å². The number of halogens is 2. The van der Waals surface area contributed by atoms with Crippen LogP contribution in [0.15, 0.2) is 71.3 Å². The standard InChI is InChI=1S/C22H16ClFN4O5/c23-18-11-16(28(30)31)4-6-19(18)32-13-17-5-7-20(33-17)22(29)25-21-8-9-27(26-21)12-14-2-1-3-15(24)10-14/h1-11H,12-13H2,(H,25,26,29). The molecule has 0 radical (unpaired) electrons. The average molecular weight is 471 g/mol. The average Bonchev–Trinajstić information content (AvgIpc) is 3.42. The molecule has 2 aromatic heterocycles. The van der Waals surface area contributed by atoms with Crippen LogP contribution in [-0.2, 0) is 13.2 Å². The molecule has 0 fully saturated rings. The fraction of sp³-hybridized carbons (Fsp3) is 0.0909. The topological polar surface area (TPSA) is 112 Å². The zero-order valence-electron chi connectivity index (χ0n) is 16.9. The molecule has 168 valence electrons. The van der Waals surface area contributed by atoms with E-state index in [9.17, 15) is 19.3 Å². The Kier molecular flexibility index (Phi) is 6.36. The minimum atomic E-state index is -0.558. The summed E-state index contributed by atoms with van der Waals surface area (Å²) < 4.78 is 25.9. The number of nitro benzene ring substituents is 1. The number of rotatable bonds is 8. The quantitative estimate of drug-likeness (QED) is 0.284. The second kappa shape index (κ2) is 9.53. The predicted molar refractivity (Wildman–Crippen MR) is 117 cm³/mol. The number of non-ortho nitro benzene ring substituents is 1. The van der Waals surface area contributed by atoms with Gasteiger partial charge in [-0.2, -0.15) is 5.10 Å². The van der Waals surface area contributed by atoms with E-state index in [2.05, 4.69) is 10.4 Å². The van der Waals surface area contributed by atoms with Gasteiger partial charge < -0.3 is 14.5 Å². The third-order valence-electron chi connectivity index (χ3n) is 4.50. The van der Waals surface area contributed by atoms with Crippen LogP contribution in [0, 0.1) is 15.9 Å². The molecule has 4 rings (SSSR count). The van der Waals surface area contributed by atoms with Gasteiger partial charge in [0.15, 0.2) is 11.6 Å². The van der Waals surface area contributed by atoms with Crippen LogP contribution in [0.4, 0.5) is 15.9 Å². The molecule has 0 saturated carbocycles. The van der Waals surface area contributed by atoms with Crippen molar-refractivity contribution in [2.45, 2.75) is 13.2 Å². The monoisotopic (exact) mass is 470 g/mol. The summed E-state index contributed by atoms with van der Waals surface area (Å²) in [6, 6.07) is 14.7. The highest BCUT2D eigenvalue weighted by Crippen LogP contribution is 2.29. The lowest BCUT2D eigenvalue weighted by molar-refractivity contribution is -0.384. The van der Waals surface area contributed by atoms with E-state index in [1.807, 2.05) is 0 Å². The number of nitro groups is 1. The Morgan fingerprint density at radius 3 is 2.82 bits per heavy atom. The van der Waals surface area contributed by atoms with E-state index >= 15 is 0 Å². The van der Waals surface area contributed by atoms with Gasteiger partial charge in [0, 0.05) is 24.4 Å². The molecule has 0 saturated heterocycles. The number of aromatic nitrogens is 2. The van der Waals surface area contributed by atoms with Gasteiger partial charge in [0.05, 0.1) is 16.5 Å². The van der Waals surface area contributed by atoms with Gasteiger partial charge in [0.1, 0.15) is 23.9 Å². The van der Waals surface area contributed by atoms with Crippen LogP contribution in [0.5, 0.6) is 5.75 Å². The molecule has 2 aromatic carbocycles. The molecule has 9 nitrogen and oxygen atoms in total. The molecule has 4 aromatic rings. The third-order valence-corrected chi connectivity index (χ3v) is 4.79. The van der Waals surface area contributed by atoms with Crippen molar-refractivity contribution >= 4 is 29.0 Å². The van der Waals surface area contributed by atoms with Gasteiger partial charge in [-0.25, -0.2) is 4.39 Å². The van der Waals surface area contributed by atoms with Crippen LogP contribution in [0.2, 0.25) is 5.02 Å². The van der Waals surface area contributed by atoms with Crippen LogP contribution < -0.4 is 10.1 Å². The van der Waals surface area contributed by atoms with Crippen molar-refractivity contribution in [1.82, 2.24) is 9.78 Å². The molecule has 2 heterocycles. The number of amides is 1. The lowest BCUT2D eigenvalue weighted by Gasteiger charge is -2.06. The molecule has 1 amide bonds. The number of benzene rings is 2. The number of nitrogens with zero attached hydrogens (tertiary/aromatic N) is 3. The maximum absolute atomic E-state index is 13.3. The Morgan fingerprint density at radius 2 is 2.06 bits per heavy atom. The van der Waals surface area contributed by atoms with Crippen molar-refractivity contribution in [3.8, 4) is 5.75 Å². The fourth-order valence-corrected chi connectivity index (χ4v) is 3.19. The van der Waals surface area contributed by atoms with Crippen molar-refractivity contribution in [3.05, 3.63) is 105 Å². The minimum absolute atomic E-state index is 0.0346. The van der Waals surface area contributed by atoms with Crippen LogP contribution >= 0.6 is 11.6 Å². The highest BCUT2D eigenvalue weighted by atomic mass is 35.5. The Morgan fingerprint density at radius 1 is 1.21 bits per heavy atom. The normalized spacial score (nSPS) is 10.7. The van der Waals surface area contributed by atoms with E-state index in [1.165, 1.54) is 36.4 Å².